The average Bonchev–Trinajstić information content (AvgIpc) is 2.81. The second kappa shape index (κ2) is 9.50. The number of nitrogens with one attached hydrogen (secondary N) is 1. The summed E-state index contributed by atoms with van der Waals surface area (Å²) >= 11 is 0. The molecule has 0 radical (unpaired) electrons. The highest BCUT2D eigenvalue weighted by Gasteiger charge is 2.27. The Morgan fingerprint density at radius 3 is 2.26 bits per heavy atom. The van der Waals surface area contributed by atoms with Gasteiger partial charge in [0.2, 0.25) is 0 Å². The van der Waals surface area contributed by atoms with Gasteiger partial charge in [0.1, 0.15) is 22.7 Å². The van der Waals surface area contributed by atoms with Crippen LogP contribution in [-0.2, 0) is 9.53 Å². The molecule has 1 amide bonds. The molecule has 4 aromatic rings. The minimum atomic E-state index is -1.11. The van der Waals surface area contributed by atoms with E-state index in [1.165, 1.54) is 13.2 Å². The lowest BCUT2D eigenvalue weighted by atomic mass is 10.1. The van der Waals surface area contributed by atoms with E-state index in [0.717, 1.165) is 0 Å². The van der Waals surface area contributed by atoms with Gasteiger partial charge in [0, 0.05) is 16.8 Å². The van der Waals surface area contributed by atoms with Crippen molar-refractivity contribution in [2.24, 2.45) is 0 Å². The Kier molecular flexibility index (Phi) is 6.46. The van der Waals surface area contributed by atoms with Crippen LogP contribution in [0, 0.1) is 0 Å². The van der Waals surface area contributed by atoms with Crippen molar-refractivity contribution in [2.45, 2.75) is 32.4 Å². The molecule has 0 aliphatic carbocycles. The maximum absolute atomic E-state index is 13.1. The van der Waals surface area contributed by atoms with E-state index in [0.29, 0.717) is 27.5 Å². The molecule has 0 bridgehead atoms. The van der Waals surface area contributed by atoms with Crippen LogP contribution >= 0.6 is 0 Å². The maximum Gasteiger partial charge on any atom is 0.408 e. The lowest BCUT2D eigenvalue weighted by Gasteiger charge is -2.23. The Labute approximate surface area is 201 Å². The van der Waals surface area contributed by atoms with Crippen LogP contribution in [0.4, 0.5) is 4.79 Å². The third-order valence-electron chi connectivity index (χ3n) is 5.14. The second-order valence-corrected chi connectivity index (χ2v) is 8.87. The number of amides is 1. The summed E-state index contributed by atoms with van der Waals surface area (Å²) in [6.45, 7) is 5.18. The molecule has 0 fully saturated rings. The zero-order valence-electron chi connectivity index (χ0n) is 19.8. The number of ether oxygens (including phenoxy) is 3. The molecule has 0 spiro atoms. The highest BCUT2D eigenvalue weighted by Crippen LogP contribution is 2.29. The van der Waals surface area contributed by atoms with Crippen molar-refractivity contribution in [3.05, 3.63) is 82.7 Å². The van der Waals surface area contributed by atoms with Crippen molar-refractivity contribution >= 4 is 33.8 Å². The summed E-state index contributed by atoms with van der Waals surface area (Å²) in [5.41, 5.74) is -0.494. The number of carbonyl (C=O) groups is 2. The summed E-state index contributed by atoms with van der Waals surface area (Å²) < 4.78 is 21.5. The number of alkyl carbamates (subject to hydrolysis) is 1. The van der Waals surface area contributed by atoms with E-state index >= 15 is 0 Å². The number of fused-ring (bicyclic) bond motifs is 3. The molecule has 0 saturated carbocycles. The molecule has 3 aromatic carbocycles. The number of benzene rings is 3. The van der Waals surface area contributed by atoms with E-state index in [9.17, 15) is 14.4 Å². The fraction of sp³-hybridized carbons (Fsp3) is 0.222. The van der Waals surface area contributed by atoms with Gasteiger partial charge < -0.3 is 23.9 Å². The normalized spacial score (nSPS) is 12.2. The molecule has 1 aromatic heterocycles. The monoisotopic (exact) mass is 475 g/mol. The van der Waals surface area contributed by atoms with Gasteiger partial charge in [0.25, 0.3) is 0 Å². The Hall–Kier alpha value is -4.33. The van der Waals surface area contributed by atoms with Crippen LogP contribution in [0.2, 0.25) is 0 Å². The fourth-order valence-corrected chi connectivity index (χ4v) is 3.61. The number of methoxy groups -OCH3 is 1. The summed E-state index contributed by atoms with van der Waals surface area (Å²) in [6, 6.07) is 17.5. The van der Waals surface area contributed by atoms with Crippen molar-refractivity contribution in [3.8, 4) is 11.5 Å². The Balaban J connectivity index is 1.64. The molecule has 1 heterocycles. The molecule has 4 rings (SSSR count). The zero-order valence-corrected chi connectivity index (χ0v) is 19.8. The smallest absolute Gasteiger partial charge is 0.408 e. The van der Waals surface area contributed by atoms with Crippen LogP contribution in [0.5, 0.6) is 11.5 Å². The maximum atomic E-state index is 13.1. The van der Waals surface area contributed by atoms with Crippen molar-refractivity contribution < 1.29 is 28.2 Å². The van der Waals surface area contributed by atoms with Crippen molar-refractivity contribution in [2.75, 3.05) is 7.11 Å². The lowest BCUT2D eigenvalue weighted by Crippen LogP contribution is -2.39. The van der Waals surface area contributed by atoms with Gasteiger partial charge in [-0.05, 0) is 56.7 Å². The highest BCUT2D eigenvalue weighted by molar-refractivity contribution is 6.05. The summed E-state index contributed by atoms with van der Waals surface area (Å²) in [7, 11) is 1.52. The van der Waals surface area contributed by atoms with E-state index in [-0.39, 0.29) is 11.3 Å². The molecule has 0 aliphatic rings. The molecule has 0 aliphatic heterocycles. The van der Waals surface area contributed by atoms with Crippen molar-refractivity contribution in [1.29, 1.82) is 0 Å². The minimum absolute atomic E-state index is 0.158. The van der Waals surface area contributed by atoms with Gasteiger partial charge in [-0.25, -0.2) is 14.4 Å². The van der Waals surface area contributed by atoms with E-state index < -0.39 is 29.3 Å². The van der Waals surface area contributed by atoms with Crippen LogP contribution in [0.15, 0.2) is 75.9 Å². The first kappa shape index (κ1) is 23.8. The fourth-order valence-electron chi connectivity index (χ4n) is 3.61. The summed E-state index contributed by atoms with van der Waals surface area (Å²) in [4.78, 5) is 38.0. The molecule has 1 atom stereocenters. The third-order valence-corrected chi connectivity index (χ3v) is 5.14. The van der Waals surface area contributed by atoms with Crippen LogP contribution in [0.3, 0.4) is 0 Å². The number of rotatable bonds is 5. The van der Waals surface area contributed by atoms with Crippen molar-refractivity contribution in [3.63, 3.8) is 0 Å². The topological polar surface area (TPSA) is 104 Å². The minimum Gasteiger partial charge on any atom is -0.497 e. The molecule has 35 heavy (non-hydrogen) atoms. The van der Waals surface area contributed by atoms with E-state index in [1.807, 2.05) is 0 Å². The summed E-state index contributed by atoms with van der Waals surface area (Å²) in [6.07, 6.45) is -0.755. The summed E-state index contributed by atoms with van der Waals surface area (Å²) in [5.74, 6) is -0.0288. The quantitative estimate of drug-likeness (QED) is 0.185. The lowest BCUT2D eigenvalue weighted by molar-refractivity contribution is -0.137. The van der Waals surface area contributed by atoms with E-state index in [2.05, 4.69) is 5.32 Å². The predicted octanol–water partition coefficient (Wildman–Crippen LogP) is 5.13. The van der Waals surface area contributed by atoms with Gasteiger partial charge in [-0.1, -0.05) is 30.3 Å². The summed E-state index contributed by atoms with van der Waals surface area (Å²) in [5, 5.41) is 4.31. The first-order valence-electron chi connectivity index (χ1n) is 11.0. The number of hydrogen-bond donors (Lipinski definition) is 1. The first-order chi connectivity index (χ1) is 16.6. The van der Waals surface area contributed by atoms with Gasteiger partial charge in [-0.2, -0.15) is 0 Å². The average molecular weight is 475 g/mol. The molecule has 180 valence electrons. The molecule has 8 nitrogen and oxygen atoms in total. The molecule has 0 unspecified atom stereocenters. The SMILES string of the molecule is COc1ccc2c(c1)c(=O)oc1cc(OC(=O)[C@@H](NC(=O)OC(C)(C)C)c3ccccc3)ccc12. The van der Waals surface area contributed by atoms with Crippen LogP contribution in [0.25, 0.3) is 21.7 Å². The van der Waals surface area contributed by atoms with Crippen LogP contribution in [-0.4, -0.2) is 24.8 Å². The first-order valence-corrected chi connectivity index (χ1v) is 11.0. The largest absolute Gasteiger partial charge is 0.497 e. The third kappa shape index (κ3) is 5.43. The van der Waals surface area contributed by atoms with Crippen LogP contribution in [0.1, 0.15) is 32.4 Å². The zero-order chi connectivity index (χ0) is 25.2. The molecule has 0 saturated heterocycles. The number of esters is 1. The van der Waals surface area contributed by atoms with Crippen LogP contribution < -0.4 is 20.4 Å². The van der Waals surface area contributed by atoms with Gasteiger partial charge in [0.15, 0.2) is 6.04 Å². The van der Waals surface area contributed by atoms with Gasteiger partial charge >= 0.3 is 17.7 Å². The molecule has 8 heteroatoms. The van der Waals surface area contributed by atoms with Gasteiger partial charge in [-0.3, -0.25) is 0 Å². The Bertz CT molecular complexity index is 1450. The molecular formula is C27H25NO7. The van der Waals surface area contributed by atoms with Gasteiger partial charge in [0.05, 0.1) is 12.5 Å². The van der Waals surface area contributed by atoms with Crippen molar-refractivity contribution in [1.82, 2.24) is 5.32 Å². The predicted molar refractivity (Wildman–Crippen MR) is 131 cm³/mol. The van der Waals surface area contributed by atoms with E-state index in [4.69, 9.17) is 18.6 Å². The number of hydrogen-bond acceptors (Lipinski definition) is 7. The number of carbonyl (C=O) groups excluding carboxylic acids is 2. The molecule has 1 N–H and O–H groups in total. The highest BCUT2D eigenvalue weighted by atomic mass is 16.6. The molecular weight excluding hydrogens is 450 g/mol. The Morgan fingerprint density at radius 1 is 0.886 bits per heavy atom. The standard InChI is InChI=1S/C27H25NO7/c1-27(2,3)35-26(31)28-23(16-8-6-5-7-9-16)25(30)33-18-11-13-20-19-12-10-17(32-4)14-21(19)24(29)34-22(20)15-18/h5-15,23H,1-4H3,(H,28,31)/t23-/m0/s1. The second-order valence-electron chi connectivity index (χ2n) is 8.87. The van der Waals surface area contributed by atoms with Gasteiger partial charge in [-0.15, -0.1) is 0 Å². The Morgan fingerprint density at radius 2 is 1.57 bits per heavy atom. The van der Waals surface area contributed by atoms with E-state index in [1.54, 1.807) is 81.4 Å².